The van der Waals surface area contributed by atoms with Crippen LogP contribution in [0.5, 0.6) is 0 Å². The Morgan fingerprint density at radius 2 is 1.67 bits per heavy atom. The summed E-state index contributed by atoms with van der Waals surface area (Å²) in [5.41, 5.74) is 5.15. The average molecular weight is 279 g/mol. The number of hydrogen-bond acceptors (Lipinski definition) is 3. The van der Waals surface area contributed by atoms with E-state index in [1.54, 1.807) is 12.1 Å². The van der Waals surface area contributed by atoms with E-state index in [1.807, 2.05) is 24.3 Å². The molecule has 2 atom stereocenters. The molecule has 1 aliphatic rings. The lowest BCUT2D eigenvalue weighted by Gasteiger charge is -2.22. The topological polar surface area (TPSA) is 64.2 Å². The first-order chi connectivity index (χ1) is 9.96. The van der Waals surface area contributed by atoms with Gasteiger partial charge in [0.05, 0.1) is 6.07 Å². The molecule has 0 bridgehead atoms. The molecule has 0 heterocycles. The second-order valence-corrected chi connectivity index (χ2v) is 5.99. The molecule has 3 heteroatoms. The summed E-state index contributed by atoms with van der Waals surface area (Å²) >= 11 is 0. The molecule has 106 valence electrons. The average Bonchev–Trinajstić information content (AvgIpc) is 2.74. The first-order valence-electron chi connectivity index (χ1n) is 6.97. The van der Waals surface area contributed by atoms with Crippen LogP contribution < -0.4 is 0 Å². The molecule has 0 fully saturated rings. The molecule has 3 nitrogen and oxygen atoms in total. The zero-order valence-electron chi connectivity index (χ0n) is 12.0. The first-order valence-corrected chi connectivity index (χ1v) is 6.97. The van der Waals surface area contributed by atoms with Gasteiger partial charge in [0.15, 0.2) is 6.10 Å². The van der Waals surface area contributed by atoms with Crippen molar-refractivity contribution >= 4 is 0 Å². The van der Waals surface area contributed by atoms with Crippen molar-refractivity contribution in [2.45, 2.75) is 31.5 Å². The number of nitriles is 1. The fourth-order valence-electron chi connectivity index (χ4n) is 3.16. The van der Waals surface area contributed by atoms with Crippen LogP contribution in [0.1, 0.15) is 36.6 Å². The minimum atomic E-state index is -1.41. The predicted molar refractivity (Wildman–Crippen MR) is 80.6 cm³/mol. The van der Waals surface area contributed by atoms with E-state index in [0.29, 0.717) is 5.56 Å². The highest BCUT2D eigenvalue weighted by molar-refractivity contribution is 5.80. The summed E-state index contributed by atoms with van der Waals surface area (Å²) in [6.07, 6.45) is -2.59. The molecule has 2 aromatic rings. The van der Waals surface area contributed by atoms with Gasteiger partial charge in [0.1, 0.15) is 6.10 Å². The van der Waals surface area contributed by atoms with E-state index in [9.17, 15) is 10.2 Å². The lowest BCUT2D eigenvalue weighted by atomic mass is 9.81. The van der Waals surface area contributed by atoms with Crippen molar-refractivity contribution in [2.75, 3.05) is 0 Å². The fourth-order valence-corrected chi connectivity index (χ4v) is 3.16. The Hall–Kier alpha value is -2.15. The number of benzene rings is 2. The largest absolute Gasteiger partial charge is 0.385 e. The van der Waals surface area contributed by atoms with Crippen LogP contribution in [0.3, 0.4) is 0 Å². The highest BCUT2D eigenvalue weighted by atomic mass is 16.3. The maximum Gasteiger partial charge on any atom is 0.170 e. The van der Waals surface area contributed by atoms with Crippen molar-refractivity contribution in [1.29, 1.82) is 5.26 Å². The second-order valence-electron chi connectivity index (χ2n) is 5.99. The standard InChI is InChI=1S/C18H17NO2/c1-18(2)14-6-4-3-5-12(14)13-8-7-11(9-15(13)18)17(21)16(20)10-19/h3-9,16-17,20-21H,1-2H3. The van der Waals surface area contributed by atoms with Gasteiger partial charge in [0.2, 0.25) is 0 Å². The molecular weight excluding hydrogens is 262 g/mol. The van der Waals surface area contributed by atoms with Gasteiger partial charge in [0.25, 0.3) is 0 Å². The maximum absolute atomic E-state index is 10.0. The molecule has 2 unspecified atom stereocenters. The number of aliphatic hydroxyl groups is 2. The third kappa shape index (κ3) is 1.96. The van der Waals surface area contributed by atoms with Crippen molar-refractivity contribution < 1.29 is 10.2 Å². The third-order valence-corrected chi connectivity index (χ3v) is 4.38. The molecule has 0 aliphatic heterocycles. The molecule has 0 amide bonds. The summed E-state index contributed by atoms with van der Waals surface area (Å²) in [6, 6.07) is 15.6. The lowest BCUT2D eigenvalue weighted by Crippen LogP contribution is -2.18. The van der Waals surface area contributed by atoms with Gasteiger partial charge >= 0.3 is 0 Å². The minimum absolute atomic E-state index is 0.154. The quantitative estimate of drug-likeness (QED) is 0.831. The van der Waals surface area contributed by atoms with Crippen LogP contribution in [0.25, 0.3) is 11.1 Å². The normalized spacial score (nSPS) is 17.5. The third-order valence-electron chi connectivity index (χ3n) is 4.38. The van der Waals surface area contributed by atoms with Crippen LogP contribution in [0, 0.1) is 11.3 Å². The Bertz CT molecular complexity index is 743. The lowest BCUT2D eigenvalue weighted by molar-refractivity contribution is 0.0527. The zero-order valence-corrected chi connectivity index (χ0v) is 12.0. The van der Waals surface area contributed by atoms with Crippen molar-refractivity contribution in [2.24, 2.45) is 0 Å². The molecule has 3 rings (SSSR count). The number of rotatable bonds is 2. The van der Waals surface area contributed by atoms with Gasteiger partial charge < -0.3 is 10.2 Å². The molecule has 2 aromatic carbocycles. The molecular formula is C18H17NO2. The minimum Gasteiger partial charge on any atom is -0.385 e. The molecule has 1 aliphatic carbocycles. The summed E-state index contributed by atoms with van der Waals surface area (Å²) in [7, 11) is 0. The number of fused-ring (bicyclic) bond motifs is 3. The highest BCUT2D eigenvalue weighted by Crippen LogP contribution is 2.49. The van der Waals surface area contributed by atoms with Crippen LogP contribution >= 0.6 is 0 Å². The van der Waals surface area contributed by atoms with Gasteiger partial charge in [0, 0.05) is 5.41 Å². The van der Waals surface area contributed by atoms with Crippen molar-refractivity contribution in [3.8, 4) is 17.2 Å². The molecule has 21 heavy (non-hydrogen) atoms. The van der Waals surface area contributed by atoms with E-state index >= 15 is 0 Å². The molecule has 0 saturated heterocycles. The smallest absolute Gasteiger partial charge is 0.170 e. The van der Waals surface area contributed by atoms with Gasteiger partial charge in [-0.15, -0.1) is 0 Å². The van der Waals surface area contributed by atoms with Crippen LogP contribution in [0.4, 0.5) is 0 Å². The SMILES string of the molecule is CC1(C)c2ccccc2-c2ccc(C(O)C(O)C#N)cc21. The molecule has 2 N–H and O–H groups in total. The number of hydrogen-bond donors (Lipinski definition) is 2. The predicted octanol–water partition coefficient (Wildman–Crippen LogP) is 2.91. The highest BCUT2D eigenvalue weighted by Gasteiger charge is 2.35. The molecule has 0 aromatic heterocycles. The second kappa shape index (κ2) is 4.70. The number of nitrogens with zero attached hydrogens (tertiary/aromatic N) is 1. The Balaban J connectivity index is 2.14. The van der Waals surface area contributed by atoms with E-state index < -0.39 is 12.2 Å². The van der Waals surface area contributed by atoms with Crippen molar-refractivity contribution in [3.05, 3.63) is 59.2 Å². The Morgan fingerprint density at radius 3 is 2.38 bits per heavy atom. The van der Waals surface area contributed by atoms with Crippen LogP contribution in [-0.2, 0) is 5.41 Å². The summed E-state index contributed by atoms with van der Waals surface area (Å²) in [6.45, 7) is 4.29. The molecule has 0 radical (unpaired) electrons. The van der Waals surface area contributed by atoms with E-state index in [-0.39, 0.29) is 5.41 Å². The van der Waals surface area contributed by atoms with Crippen molar-refractivity contribution in [3.63, 3.8) is 0 Å². The van der Waals surface area contributed by atoms with Gasteiger partial charge in [-0.1, -0.05) is 56.3 Å². The monoisotopic (exact) mass is 279 g/mol. The number of aliphatic hydroxyl groups excluding tert-OH is 2. The summed E-state index contributed by atoms with van der Waals surface area (Å²) < 4.78 is 0. The van der Waals surface area contributed by atoms with E-state index in [2.05, 4.69) is 26.0 Å². The van der Waals surface area contributed by atoms with Crippen LogP contribution in [-0.4, -0.2) is 16.3 Å². The van der Waals surface area contributed by atoms with E-state index in [0.717, 1.165) is 11.1 Å². The van der Waals surface area contributed by atoms with E-state index in [1.165, 1.54) is 11.1 Å². The zero-order chi connectivity index (χ0) is 15.2. The first kappa shape index (κ1) is 13.8. The van der Waals surface area contributed by atoms with Gasteiger partial charge in [-0.2, -0.15) is 5.26 Å². The van der Waals surface area contributed by atoms with E-state index in [4.69, 9.17) is 5.26 Å². The summed E-state index contributed by atoms with van der Waals surface area (Å²) in [5, 5.41) is 28.3. The summed E-state index contributed by atoms with van der Waals surface area (Å²) in [5.74, 6) is 0. The maximum atomic E-state index is 10.0. The van der Waals surface area contributed by atoms with Crippen LogP contribution in [0.2, 0.25) is 0 Å². The molecule has 0 saturated carbocycles. The Labute approximate surface area is 124 Å². The van der Waals surface area contributed by atoms with Gasteiger partial charge in [-0.05, 0) is 27.8 Å². The molecule has 0 spiro atoms. The Morgan fingerprint density at radius 1 is 1.00 bits per heavy atom. The van der Waals surface area contributed by atoms with Crippen LogP contribution in [0.15, 0.2) is 42.5 Å². The van der Waals surface area contributed by atoms with Gasteiger partial charge in [-0.3, -0.25) is 0 Å². The summed E-state index contributed by atoms with van der Waals surface area (Å²) in [4.78, 5) is 0. The van der Waals surface area contributed by atoms with Gasteiger partial charge in [-0.25, -0.2) is 0 Å². The fraction of sp³-hybridized carbons (Fsp3) is 0.278. The van der Waals surface area contributed by atoms with Crippen molar-refractivity contribution in [1.82, 2.24) is 0 Å². The Kier molecular flexibility index (Phi) is 3.09.